The molecule has 0 radical (unpaired) electrons. The van der Waals surface area contributed by atoms with Gasteiger partial charge in [0.1, 0.15) is 40.1 Å². The molecule has 206 valence electrons. The number of aliphatic hydroxyl groups is 2. The van der Waals surface area contributed by atoms with Gasteiger partial charge in [0.25, 0.3) is 0 Å². The first-order chi connectivity index (χ1) is 19.9. The maximum atomic E-state index is 10.1. The van der Waals surface area contributed by atoms with E-state index in [9.17, 15) is 10.5 Å². The van der Waals surface area contributed by atoms with Crippen LogP contribution in [-0.2, 0) is 5.75 Å². The van der Waals surface area contributed by atoms with E-state index < -0.39 is 0 Å². The van der Waals surface area contributed by atoms with Crippen molar-refractivity contribution in [2.75, 3.05) is 26.1 Å². The summed E-state index contributed by atoms with van der Waals surface area (Å²) in [6, 6.07) is 25.7. The number of aromatic nitrogens is 2. The molecule has 4 N–H and O–H groups in total. The SMILES string of the molecule is COc1ccc(-c2c(C#N)c(N)nc(SCc3nc(-c4ccc5ccccc5c4)oc3C)c2C#N)cc1.OCCO. The van der Waals surface area contributed by atoms with Gasteiger partial charge < -0.3 is 25.1 Å². The van der Waals surface area contributed by atoms with Crippen molar-refractivity contribution in [2.24, 2.45) is 0 Å². The van der Waals surface area contributed by atoms with Crippen LogP contribution in [0.15, 0.2) is 76.2 Å². The number of fused-ring (bicyclic) bond motifs is 1. The summed E-state index contributed by atoms with van der Waals surface area (Å²) in [5.41, 5.74) is 9.38. The Balaban J connectivity index is 0.000000909. The Labute approximate surface area is 241 Å². The quantitative estimate of drug-likeness (QED) is 0.216. The molecule has 9 nitrogen and oxygen atoms in total. The largest absolute Gasteiger partial charge is 0.497 e. The van der Waals surface area contributed by atoms with Gasteiger partial charge in [0.15, 0.2) is 0 Å². The van der Waals surface area contributed by atoms with Crippen LogP contribution in [0.3, 0.4) is 0 Å². The number of oxazole rings is 1. The van der Waals surface area contributed by atoms with Crippen molar-refractivity contribution < 1.29 is 19.4 Å². The Hall–Kier alpha value is -4.87. The molecule has 0 amide bonds. The Bertz CT molecular complexity index is 1750. The Morgan fingerprint density at radius 1 is 0.902 bits per heavy atom. The predicted octanol–water partition coefficient (Wildman–Crippen LogP) is 5.46. The van der Waals surface area contributed by atoms with E-state index in [1.165, 1.54) is 11.8 Å². The van der Waals surface area contributed by atoms with Crippen LogP contribution in [0.2, 0.25) is 0 Å². The lowest BCUT2D eigenvalue weighted by atomic mass is 9.97. The van der Waals surface area contributed by atoms with Gasteiger partial charge in [-0.1, -0.05) is 54.2 Å². The van der Waals surface area contributed by atoms with E-state index in [0.717, 1.165) is 22.0 Å². The van der Waals surface area contributed by atoms with E-state index in [2.05, 4.69) is 35.3 Å². The number of thioether (sulfide) groups is 1. The summed E-state index contributed by atoms with van der Waals surface area (Å²) in [4.78, 5) is 9.11. The fourth-order valence-corrected chi connectivity index (χ4v) is 5.09. The average Bonchev–Trinajstić information content (AvgIpc) is 3.39. The van der Waals surface area contributed by atoms with Crippen LogP contribution >= 0.6 is 11.8 Å². The average molecular weight is 566 g/mol. The molecule has 3 aromatic carbocycles. The van der Waals surface area contributed by atoms with Crippen LogP contribution in [0.5, 0.6) is 5.75 Å². The number of aliphatic hydroxyl groups excluding tert-OH is 2. The molecule has 5 rings (SSSR count). The Morgan fingerprint density at radius 3 is 2.20 bits per heavy atom. The van der Waals surface area contributed by atoms with E-state index in [0.29, 0.717) is 39.3 Å². The summed E-state index contributed by atoms with van der Waals surface area (Å²) >= 11 is 1.33. The fourth-order valence-electron chi connectivity index (χ4n) is 4.09. The number of benzene rings is 3. The fraction of sp³-hybridized carbons (Fsp3) is 0.161. The van der Waals surface area contributed by atoms with E-state index in [-0.39, 0.29) is 30.2 Å². The zero-order chi connectivity index (χ0) is 29.4. The number of rotatable bonds is 7. The minimum atomic E-state index is -0.125. The first-order valence-electron chi connectivity index (χ1n) is 12.5. The number of nitrogen functional groups attached to an aromatic ring is 1. The molecule has 2 aromatic heterocycles. The molecule has 0 aliphatic rings. The van der Waals surface area contributed by atoms with Gasteiger partial charge in [-0.25, -0.2) is 9.97 Å². The summed E-state index contributed by atoms with van der Waals surface area (Å²) in [7, 11) is 1.58. The lowest BCUT2D eigenvalue weighted by Gasteiger charge is -2.13. The van der Waals surface area contributed by atoms with Gasteiger partial charge in [-0.15, -0.1) is 0 Å². The standard InChI is InChI=1S/C29H21N5O2S.C2H6O2/c1-17-25(33-28(36-17)21-8-7-18-5-3-4-6-20(18)13-21)16-37-29-24(15-31)26(23(14-30)27(32)34-29)19-9-11-22(35-2)12-10-19;3-1-2-4/h3-13H,16H2,1-2H3,(H2,32,34);3-4H,1-2H2. The molecule has 0 bridgehead atoms. The highest BCUT2D eigenvalue weighted by atomic mass is 32.2. The number of ether oxygens (including phenoxy) is 1. The topological polar surface area (TPSA) is 162 Å². The molecule has 41 heavy (non-hydrogen) atoms. The summed E-state index contributed by atoms with van der Waals surface area (Å²) in [6.45, 7) is 1.61. The van der Waals surface area contributed by atoms with Crippen LogP contribution < -0.4 is 10.5 Å². The number of hydrogen-bond acceptors (Lipinski definition) is 10. The van der Waals surface area contributed by atoms with Crippen molar-refractivity contribution in [3.63, 3.8) is 0 Å². The summed E-state index contributed by atoms with van der Waals surface area (Å²) in [5, 5.41) is 37.7. The van der Waals surface area contributed by atoms with Crippen molar-refractivity contribution >= 4 is 28.4 Å². The number of nitrogens with zero attached hydrogens (tertiary/aromatic N) is 4. The second-order valence-electron chi connectivity index (χ2n) is 8.70. The zero-order valence-corrected chi connectivity index (χ0v) is 23.3. The summed E-state index contributed by atoms with van der Waals surface area (Å²) in [6.07, 6.45) is 0. The maximum absolute atomic E-state index is 10.1. The molecule has 10 heteroatoms. The summed E-state index contributed by atoms with van der Waals surface area (Å²) in [5.74, 6) is 2.37. The second kappa shape index (κ2) is 13.5. The highest BCUT2D eigenvalue weighted by Gasteiger charge is 2.22. The lowest BCUT2D eigenvalue weighted by Crippen LogP contribution is -2.03. The molecular weight excluding hydrogens is 538 g/mol. The third kappa shape index (κ3) is 6.48. The van der Waals surface area contributed by atoms with Crippen molar-refractivity contribution in [1.82, 2.24) is 9.97 Å². The predicted molar refractivity (Wildman–Crippen MR) is 158 cm³/mol. The van der Waals surface area contributed by atoms with Crippen molar-refractivity contribution in [3.8, 4) is 40.5 Å². The monoisotopic (exact) mass is 565 g/mol. The minimum absolute atomic E-state index is 0.0727. The maximum Gasteiger partial charge on any atom is 0.226 e. The van der Waals surface area contributed by atoms with Gasteiger partial charge in [0.05, 0.1) is 31.6 Å². The van der Waals surface area contributed by atoms with Gasteiger partial charge in [-0.3, -0.25) is 0 Å². The first-order valence-corrected chi connectivity index (χ1v) is 13.5. The molecule has 0 saturated carbocycles. The van der Waals surface area contributed by atoms with Crippen molar-refractivity contribution in [2.45, 2.75) is 17.7 Å². The van der Waals surface area contributed by atoms with Gasteiger partial charge in [0, 0.05) is 16.9 Å². The van der Waals surface area contributed by atoms with E-state index in [4.69, 9.17) is 30.1 Å². The molecule has 5 aromatic rings. The smallest absolute Gasteiger partial charge is 0.226 e. The molecule has 0 aliphatic heterocycles. The molecule has 2 heterocycles. The first kappa shape index (κ1) is 29.1. The zero-order valence-electron chi connectivity index (χ0n) is 22.5. The van der Waals surface area contributed by atoms with E-state index in [1.807, 2.05) is 31.2 Å². The molecule has 0 saturated heterocycles. The van der Waals surface area contributed by atoms with Crippen molar-refractivity contribution in [3.05, 3.63) is 89.3 Å². The van der Waals surface area contributed by atoms with E-state index >= 15 is 0 Å². The molecule has 0 atom stereocenters. The van der Waals surface area contributed by atoms with Gasteiger partial charge in [0.2, 0.25) is 5.89 Å². The Kier molecular flexibility index (Phi) is 9.56. The molecular formula is C31H27N5O4S. The number of aryl methyl sites for hydroxylation is 1. The van der Waals surface area contributed by atoms with Gasteiger partial charge >= 0.3 is 0 Å². The van der Waals surface area contributed by atoms with Crippen LogP contribution in [0.25, 0.3) is 33.4 Å². The third-order valence-corrected chi connectivity index (χ3v) is 7.12. The van der Waals surface area contributed by atoms with Crippen LogP contribution in [0.1, 0.15) is 22.6 Å². The van der Waals surface area contributed by atoms with Gasteiger partial charge in [-0.05, 0) is 47.5 Å². The molecule has 0 unspecified atom stereocenters. The van der Waals surface area contributed by atoms with Gasteiger partial charge in [-0.2, -0.15) is 10.5 Å². The molecule has 0 spiro atoms. The van der Waals surface area contributed by atoms with Crippen LogP contribution in [0, 0.1) is 29.6 Å². The normalized spacial score (nSPS) is 10.4. The number of anilines is 1. The number of methoxy groups -OCH3 is 1. The van der Waals surface area contributed by atoms with E-state index in [1.54, 1.807) is 31.4 Å². The minimum Gasteiger partial charge on any atom is -0.497 e. The summed E-state index contributed by atoms with van der Waals surface area (Å²) < 4.78 is 11.2. The third-order valence-electron chi connectivity index (χ3n) is 6.13. The second-order valence-corrected chi connectivity index (χ2v) is 9.66. The van der Waals surface area contributed by atoms with Crippen molar-refractivity contribution in [1.29, 1.82) is 10.5 Å². The van der Waals surface area contributed by atoms with Crippen LogP contribution in [0.4, 0.5) is 5.82 Å². The van der Waals surface area contributed by atoms with Crippen LogP contribution in [-0.4, -0.2) is 40.5 Å². The molecule has 0 aliphatic carbocycles. The molecule has 0 fully saturated rings. The number of hydrogen-bond donors (Lipinski definition) is 3. The number of nitrogens with two attached hydrogens (primary N) is 1. The number of nitriles is 2. The highest BCUT2D eigenvalue weighted by Crippen LogP contribution is 2.37. The highest BCUT2D eigenvalue weighted by molar-refractivity contribution is 7.98. The lowest BCUT2D eigenvalue weighted by molar-refractivity contribution is 0.186. The Morgan fingerprint density at radius 2 is 1.56 bits per heavy atom. The number of pyridine rings is 1.